The summed E-state index contributed by atoms with van der Waals surface area (Å²) in [6.07, 6.45) is 3.19. The molecule has 0 fully saturated rings. The summed E-state index contributed by atoms with van der Waals surface area (Å²) in [4.78, 5) is 21.8. The number of benzene rings is 1. The van der Waals surface area contributed by atoms with Crippen molar-refractivity contribution < 1.29 is 13.2 Å². The molecule has 0 aliphatic carbocycles. The van der Waals surface area contributed by atoms with Crippen LogP contribution in [0.3, 0.4) is 0 Å². The monoisotopic (exact) mass is 470 g/mol. The third kappa shape index (κ3) is 5.12. The lowest BCUT2D eigenvalue weighted by Crippen LogP contribution is -2.31. The molecule has 0 saturated carbocycles. The van der Waals surface area contributed by atoms with Crippen LogP contribution in [0.1, 0.15) is 56.2 Å². The highest BCUT2D eigenvalue weighted by molar-refractivity contribution is 7.89. The lowest BCUT2D eigenvalue weighted by atomic mass is 9.92. The zero-order valence-corrected chi connectivity index (χ0v) is 20.6. The summed E-state index contributed by atoms with van der Waals surface area (Å²) >= 11 is 0. The molecule has 2 heterocycles. The van der Waals surface area contributed by atoms with Gasteiger partial charge in [0.15, 0.2) is 0 Å². The predicted molar refractivity (Wildman–Crippen MR) is 127 cm³/mol. The van der Waals surface area contributed by atoms with E-state index in [1.165, 1.54) is 21.1 Å². The van der Waals surface area contributed by atoms with Crippen LogP contribution >= 0.6 is 0 Å². The van der Waals surface area contributed by atoms with Gasteiger partial charge < -0.3 is 5.32 Å². The number of anilines is 1. The van der Waals surface area contributed by atoms with E-state index in [-0.39, 0.29) is 15.9 Å². The molecule has 3 aromatic rings. The van der Waals surface area contributed by atoms with Gasteiger partial charge >= 0.3 is 0 Å². The number of sulfonamides is 1. The van der Waals surface area contributed by atoms with Crippen molar-refractivity contribution in [1.82, 2.24) is 24.1 Å². The fraction of sp³-hybridized carbons (Fsp3) is 0.391. The number of aromatic nitrogens is 4. The molecule has 10 heteroatoms. The Kier molecular flexibility index (Phi) is 6.99. The van der Waals surface area contributed by atoms with Crippen molar-refractivity contribution in [2.45, 2.75) is 51.9 Å². The number of hydrogen-bond acceptors (Lipinski definition) is 6. The van der Waals surface area contributed by atoms with Crippen molar-refractivity contribution in [2.24, 2.45) is 0 Å². The van der Waals surface area contributed by atoms with Gasteiger partial charge in [-0.15, -0.1) is 0 Å². The molecule has 0 unspecified atom stereocenters. The Morgan fingerprint density at radius 1 is 1.09 bits per heavy atom. The van der Waals surface area contributed by atoms with Gasteiger partial charge in [0.25, 0.3) is 11.9 Å². The Morgan fingerprint density at radius 2 is 1.73 bits per heavy atom. The maximum atomic E-state index is 13.3. The fourth-order valence-corrected chi connectivity index (χ4v) is 4.78. The highest BCUT2D eigenvalue weighted by atomic mass is 32.2. The molecular weight excluding hydrogens is 440 g/mol. The van der Waals surface area contributed by atoms with Gasteiger partial charge in [0.05, 0.1) is 10.6 Å². The van der Waals surface area contributed by atoms with Crippen molar-refractivity contribution in [3.05, 3.63) is 59.5 Å². The summed E-state index contributed by atoms with van der Waals surface area (Å²) in [7, 11) is -3.70. The number of nitrogens with one attached hydrogen (secondary N) is 1. The van der Waals surface area contributed by atoms with E-state index in [0.717, 1.165) is 5.69 Å². The van der Waals surface area contributed by atoms with Gasteiger partial charge in [0.2, 0.25) is 10.0 Å². The van der Waals surface area contributed by atoms with Crippen LogP contribution in [0.4, 0.5) is 5.82 Å². The smallest absolute Gasteiger partial charge is 0.257 e. The number of aryl methyl sites for hydroxylation is 1. The molecule has 0 bridgehead atoms. The Balaban J connectivity index is 2.02. The summed E-state index contributed by atoms with van der Waals surface area (Å²) in [5.41, 5.74) is 1.40. The Labute approximate surface area is 194 Å². The minimum absolute atomic E-state index is 0.0808. The van der Waals surface area contributed by atoms with Crippen molar-refractivity contribution in [3.63, 3.8) is 0 Å². The minimum Gasteiger partial charge on any atom is -0.306 e. The normalized spacial score (nSPS) is 12.2. The molecule has 3 rings (SSSR count). The van der Waals surface area contributed by atoms with E-state index in [2.05, 4.69) is 20.4 Å². The van der Waals surface area contributed by atoms with Crippen LogP contribution in [0.15, 0.2) is 47.6 Å². The van der Waals surface area contributed by atoms with E-state index < -0.39 is 15.9 Å². The number of carbonyl (C=O) groups is 1. The molecular formula is C23H30N6O3S. The summed E-state index contributed by atoms with van der Waals surface area (Å²) in [5.74, 6) is 0.270. The van der Waals surface area contributed by atoms with E-state index in [0.29, 0.717) is 30.4 Å². The number of amides is 1. The second kappa shape index (κ2) is 9.40. The second-order valence-corrected chi connectivity index (χ2v) is 10.6. The predicted octanol–water partition coefficient (Wildman–Crippen LogP) is 3.55. The Morgan fingerprint density at radius 3 is 2.30 bits per heavy atom. The summed E-state index contributed by atoms with van der Waals surface area (Å²) < 4.78 is 28.7. The first kappa shape index (κ1) is 24.5. The van der Waals surface area contributed by atoms with Crippen LogP contribution < -0.4 is 5.32 Å². The maximum Gasteiger partial charge on any atom is 0.257 e. The van der Waals surface area contributed by atoms with E-state index >= 15 is 0 Å². The van der Waals surface area contributed by atoms with Crippen LogP contribution in [0.5, 0.6) is 0 Å². The Bertz CT molecular complexity index is 1240. The molecule has 0 spiro atoms. The number of carbonyl (C=O) groups excluding carboxylic acids is 1. The van der Waals surface area contributed by atoms with Gasteiger partial charge in [0, 0.05) is 42.5 Å². The zero-order valence-electron chi connectivity index (χ0n) is 19.8. The van der Waals surface area contributed by atoms with Crippen molar-refractivity contribution in [1.29, 1.82) is 0 Å². The lowest BCUT2D eigenvalue weighted by Gasteiger charge is -2.19. The van der Waals surface area contributed by atoms with E-state index in [1.807, 2.05) is 20.8 Å². The van der Waals surface area contributed by atoms with Gasteiger partial charge in [-0.3, -0.25) is 4.79 Å². The first-order chi connectivity index (χ1) is 15.5. The minimum atomic E-state index is -3.70. The zero-order chi connectivity index (χ0) is 24.4. The molecule has 1 amide bonds. The van der Waals surface area contributed by atoms with Gasteiger partial charge in [-0.05, 0) is 30.7 Å². The summed E-state index contributed by atoms with van der Waals surface area (Å²) in [6.45, 7) is 12.1. The molecule has 0 aliphatic rings. The van der Waals surface area contributed by atoms with Gasteiger partial charge in [-0.2, -0.15) is 14.1 Å². The van der Waals surface area contributed by atoms with Crippen molar-refractivity contribution in [2.75, 3.05) is 18.4 Å². The van der Waals surface area contributed by atoms with Gasteiger partial charge in [0.1, 0.15) is 5.82 Å². The third-order valence-corrected chi connectivity index (χ3v) is 7.30. The molecule has 1 N–H and O–H groups in total. The summed E-state index contributed by atoms with van der Waals surface area (Å²) in [5, 5.41) is 7.47. The van der Waals surface area contributed by atoms with Crippen molar-refractivity contribution in [3.8, 4) is 5.95 Å². The van der Waals surface area contributed by atoms with Crippen LogP contribution in [0.2, 0.25) is 0 Å². The first-order valence-electron chi connectivity index (χ1n) is 10.8. The SMILES string of the molecule is CCN(CC)S(=O)(=O)c1ccc(C)c(C(=O)Nc2cc(C(C)(C)C)nn2-c2ncccn2)c1. The van der Waals surface area contributed by atoms with Crippen LogP contribution in [0, 0.1) is 6.92 Å². The quantitative estimate of drug-likeness (QED) is 0.565. The van der Waals surface area contributed by atoms with Crippen molar-refractivity contribution >= 4 is 21.7 Å². The molecule has 0 atom stereocenters. The largest absolute Gasteiger partial charge is 0.306 e. The lowest BCUT2D eigenvalue weighted by molar-refractivity contribution is 0.102. The first-order valence-corrected chi connectivity index (χ1v) is 12.2. The van der Waals surface area contributed by atoms with E-state index in [9.17, 15) is 13.2 Å². The van der Waals surface area contributed by atoms with Gasteiger partial charge in [-0.1, -0.05) is 40.7 Å². The fourth-order valence-electron chi connectivity index (χ4n) is 3.29. The van der Waals surface area contributed by atoms with Gasteiger partial charge in [-0.25, -0.2) is 18.4 Å². The number of hydrogen-bond donors (Lipinski definition) is 1. The third-order valence-electron chi connectivity index (χ3n) is 5.26. The molecule has 0 saturated heterocycles. The topological polar surface area (TPSA) is 110 Å². The van der Waals surface area contributed by atoms with Crippen LogP contribution in [-0.2, 0) is 15.4 Å². The molecule has 33 heavy (non-hydrogen) atoms. The number of nitrogens with zero attached hydrogens (tertiary/aromatic N) is 5. The molecule has 1 aromatic carbocycles. The molecule has 9 nitrogen and oxygen atoms in total. The molecule has 0 aliphatic heterocycles. The average Bonchev–Trinajstić information content (AvgIpc) is 3.19. The van der Waals surface area contributed by atoms with Crippen LogP contribution in [0.25, 0.3) is 5.95 Å². The average molecular weight is 471 g/mol. The molecule has 0 radical (unpaired) electrons. The molecule has 176 valence electrons. The maximum absolute atomic E-state index is 13.3. The number of rotatable bonds is 7. The van der Waals surface area contributed by atoms with E-state index in [1.54, 1.807) is 51.4 Å². The highest BCUT2D eigenvalue weighted by Crippen LogP contribution is 2.26. The highest BCUT2D eigenvalue weighted by Gasteiger charge is 2.25. The second-order valence-electron chi connectivity index (χ2n) is 8.65. The molecule has 2 aromatic heterocycles. The van der Waals surface area contributed by atoms with Crippen LogP contribution in [-0.4, -0.2) is 51.5 Å². The van der Waals surface area contributed by atoms with E-state index in [4.69, 9.17) is 0 Å². The summed E-state index contributed by atoms with van der Waals surface area (Å²) in [6, 6.07) is 8.06. The Hall–Kier alpha value is -3.11. The standard InChI is InChI=1S/C23H30N6O3S/c1-7-28(8-2)33(31,32)17-11-10-16(3)18(14-17)21(30)26-20-15-19(23(4,5)6)27-29(20)22-24-12-9-13-25-22/h9-15H,7-8H2,1-6H3,(H,26,30).